The average molecular weight is 380 g/mol. The molecule has 0 saturated carbocycles. The molecule has 1 aliphatic heterocycles. The third kappa shape index (κ3) is 3.05. The van der Waals surface area contributed by atoms with E-state index in [1.807, 2.05) is 35.2 Å². The fourth-order valence-corrected chi connectivity index (χ4v) is 3.40. The highest BCUT2D eigenvalue weighted by Gasteiger charge is 2.26. The Morgan fingerprint density at radius 3 is 2.86 bits per heavy atom. The SMILES string of the molecule is C[C@@H]1CN(C(=O)c2ccc(Br)cc2Cl)c2ccccc2CN1. The first-order valence-corrected chi connectivity index (χ1v) is 8.31. The molecule has 0 saturated heterocycles. The first-order chi connectivity index (χ1) is 10.6. The number of anilines is 1. The molecule has 5 heteroatoms. The molecule has 1 heterocycles. The Morgan fingerprint density at radius 1 is 1.32 bits per heavy atom. The second kappa shape index (κ2) is 6.41. The number of benzene rings is 2. The molecule has 3 rings (SSSR count). The molecule has 0 radical (unpaired) electrons. The Hall–Kier alpha value is -1.36. The van der Waals surface area contributed by atoms with Gasteiger partial charge in [0.1, 0.15) is 0 Å². The third-order valence-corrected chi connectivity index (χ3v) is 4.59. The van der Waals surface area contributed by atoms with E-state index in [0.717, 1.165) is 22.3 Å². The Morgan fingerprint density at radius 2 is 2.09 bits per heavy atom. The van der Waals surface area contributed by atoms with E-state index in [1.165, 1.54) is 0 Å². The topological polar surface area (TPSA) is 32.3 Å². The van der Waals surface area contributed by atoms with Crippen molar-refractivity contribution in [2.45, 2.75) is 19.5 Å². The molecule has 0 bridgehead atoms. The number of nitrogens with one attached hydrogen (secondary N) is 1. The summed E-state index contributed by atoms with van der Waals surface area (Å²) >= 11 is 9.62. The van der Waals surface area contributed by atoms with Crippen molar-refractivity contribution in [1.29, 1.82) is 0 Å². The van der Waals surface area contributed by atoms with E-state index in [9.17, 15) is 4.79 Å². The van der Waals surface area contributed by atoms with Gasteiger partial charge < -0.3 is 10.2 Å². The van der Waals surface area contributed by atoms with Crippen LogP contribution in [0, 0.1) is 0 Å². The van der Waals surface area contributed by atoms with Gasteiger partial charge in [-0.15, -0.1) is 0 Å². The second-order valence-corrected chi connectivity index (χ2v) is 6.77. The molecular formula is C17H16BrClN2O. The molecule has 22 heavy (non-hydrogen) atoms. The van der Waals surface area contributed by atoms with Crippen molar-refractivity contribution in [3.63, 3.8) is 0 Å². The summed E-state index contributed by atoms with van der Waals surface area (Å²) in [5, 5.41) is 3.89. The molecule has 0 fully saturated rings. The number of para-hydroxylation sites is 1. The summed E-state index contributed by atoms with van der Waals surface area (Å²) in [7, 11) is 0. The zero-order valence-corrected chi connectivity index (χ0v) is 14.5. The lowest BCUT2D eigenvalue weighted by molar-refractivity contribution is 0.0985. The van der Waals surface area contributed by atoms with E-state index in [4.69, 9.17) is 11.6 Å². The van der Waals surface area contributed by atoms with Gasteiger partial charge in [-0.05, 0) is 36.8 Å². The van der Waals surface area contributed by atoms with E-state index < -0.39 is 0 Å². The molecule has 2 aromatic rings. The molecule has 1 aliphatic rings. The van der Waals surface area contributed by atoms with Gasteiger partial charge in [0.25, 0.3) is 5.91 Å². The minimum absolute atomic E-state index is 0.0690. The number of rotatable bonds is 1. The number of hydrogen-bond acceptors (Lipinski definition) is 2. The van der Waals surface area contributed by atoms with Crippen molar-refractivity contribution in [3.8, 4) is 0 Å². The zero-order valence-electron chi connectivity index (χ0n) is 12.1. The fourth-order valence-electron chi connectivity index (χ4n) is 2.65. The first kappa shape index (κ1) is 15.5. The maximum atomic E-state index is 13.0. The van der Waals surface area contributed by atoms with Crippen LogP contribution in [0.2, 0.25) is 5.02 Å². The summed E-state index contributed by atoms with van der Waals surface area (Å²) in [6.07, 6.45) is 0. The molecular weight excluding hydrogens is 364 g/mol. The summed E-state index contributed by atoms with van der Waals surface area (Å²) in [6.45, 7) is 3.45. The maximum absolute atomic E-state index is 13.0. The number of carbonyl (C=O) groups excluding carboxylic acids is 1. The fraction of sp³-hybridized carbons (Fsp3) is 0.235. The second-order valence-electron chi connectivity index (χ2n) is 5.45. The normalized spacial score (nSPS) is 17.8. The van der Waals surface area contributed by atoms with Gasteiger partial charge in [-0.25, -0.2) is 0 Å². The van der Waals surface area contributed by atoms with E-state index in [0.29, 0.717) is 17.1 Å². The van der Waals surface area contributed by atoms with Crippen LogP contribution in [0.4, 0.5) is 5.69 Å². The van der Waals surface area contributed by atoms with Gasteiger partial charge >= 0.3 is 0 Å². The van der Waals surface area contributed by atoms with E-state index >= 15 is 0 Å². The first-order valence-electron chi connectivity index (χ1n) is 7.14. The highest BCUT2D eigenvalue weighted by Crippen LogP contribution is 2.28. The average Bonchev–Trinajstić information content (AvgIpc) is 2.66. The molecule has 2 aromatic carbocycles. The molecule has 0 unspecified atom stereocenters. The maximum Gasteiger partial charge on any atom is 0.259 e. The lowest BCUT2D eigenvalue weighted by Crippen LogP contribution is -2.39. The highest BCUT2D eigenvalue weighted by atomic mass is 79.9. The molecule has 1 N–H and O–H groups in total. The number of carbonyl (C=O) groups is 1. The van der Waals surface area contributed by atoms with Crippen LogP contribution in [0.25, 0.3) is 0 Å². The van der Waals surface area contributed by atoms with Gasteiger partial charge in [0.15, 0.2) is 0 Å². The van der Waals surface area contributed by atoms with Gasteiger partial charge in [0.05, 0.1) is 10.6 Å². The lowest BCUT2D eigenvalue weighted by Gasteiger charge is -2.25. The molecule has 1 amide bonds. The number of nitrogens with zero attached hydrogens (tertiary/aromatic N) is 1. The molecule has 3 nitrogen and oxygen atoms in total. The summed E-state index contributed by atoms with van der Waals surface area (Å²) in [4.78, 5) is 14.8. The van der Waals surface area contributed by atoms with Crippen molar-refractivity contribution in [2.24, 2.45) is 0 Å². The molecule has 114 valence electrons. The lowest BCUT2D eigenvalue weighted by atomic mass is 10.1. The number of fused-ring (bicyclic) bond motifs is 1. The van der Waals surface area contributed by atoms with E-state index in [1.54, 1.807) is 12.1 Å². The number of amides is 1. The van der Waals surface area contributed by atoms with Crippen molar-refractivity contribution in [3.05, 3.63) is 63.1 Å². The van der Waals surface area contributed by atoms with Gasteiger partial charge in [-0.2, -0.15) is 0 Å². The third-order valence-electron chi connectivity index (χ3n) is 3.79. The summed E-state index contributed by atoms with van der Waals surface area (Å²) < 4.78 is 0.861. The van der Waals surface area contributed by atoms with E-state index in [2.05, 4.69) is 28.2 Å². The number of halogens is 2. The Labute approximate surface area is 143 Å². The van der Waals surface area contributed by atoms with Crippen molar-refractivity contribution >= 4 is 39.1 Å². The van der Waals surface area contributed by atoms with Crippen molar-refractivity contribution in [2.75, 3.05) is 11.4 Å². The Kier molecular flexibility index (Phi) is 4.52. The molecule has 0 spiro atoms. The summed E-state index contributed by atoms with van der Waals surface area (Å²) in [5.74, 6) is -0.0690. The number of hydrogen-bond donors (Lipinski definition) is 1. The van der Waals surface area contributed by atoms with Crippen LogP contribution in [-0.2, 0) is 6.54 Å². The molecule has 1 atom stereocenters. The van der Waals surface area contributed by atoms with Crippen molar-refractivity contribution < 1.29 is 4.79 Å². The van der Waals surface area contributed by atoms with E-state index in [-0.39, 0.29) is 11.9 Å². The Balaban J connectivity index is 2.03. The van der Waals surface area contributed by atoms with Crippen LogP contribution in [0.5, 0.6) is 0 Å². The minimum Gasteiger partial charge on any atom is -0.308 e. The summed E-state index contributed by atoms with van der Waals surface area (Å²) in [6, 6.07) is 13.5. The van der Waals surface area contributed by atoms with Crippen LogP contribution in [0.1, 0.15) is 22.8 Å². The predicted octanol–water partition coefficient (Wildman–Crippen LogP) is 4.24. The van der Waals surface area contributed by atoms with Crippen LogP contribution in [-0.4, -0.2) is 18.5 Å². The highest BCUT2D eigenvalue weighted by molar-refractivity contribution is 9.10. The van der Waals surface area contributed by atoms with Gasteiger partial charge in [0.2, 0.25) is 0 Å². The smallest absolute Gasteiger partial charge is 0.259 e. The Bertz CT molecular complexity index is 720. The standard InChI is InChI=1S/C17H16BrClN2O/c1-11-10-21(16-5-3-2-4-12(16)9-20-11)17(22)14-7-6-13(18)8-15(14)19/h2-8,11,20H,9-10H2,1H3/t11-/m1/s1. The quantitative estimate of drug-likeness (QED) is 0.804. The van der Waals surface area contributed by atoms with Crippen LogP contribution < -0.4 is 10.2 Å². The molecule has 0 aliphatic carbocycles. The van der Waals surface area contributed by atoms with Crippen LogP contribution in [0.3, 0.4) is 0 Å². The zero-order chi connectivity index (χ0) is 15.7. The van der Waals surface area contributed by atoms with Gasteiger partial charge in [0, 0.05) is 29.3 Å². The van der Waals surface area contributed by atoms with Crippen LogP contribution in [0.15, 0.2) is 46.9 Å². The largest absolute Gasteiger partial charge is 0.308 e. The van der Waals surface area contributed by atoms with Crippen LogP contribution >= 0.6 is 27.5 Å². The predicted molar refractivity (Wildman–Crippen MR) is 93.6 cm³/mol. The van der Waals surface area contributed by atoms with Gasteiger partial charge in [-0.3, -0.25) is 4.79 Å². The minimum atomic E-state index is -0.0690. The summed E-state index contributed by atoms with van der Waals surface area (Å²) in [5.41, 5.74) is 2.59. The van der Waals surface area contributed by atoms with Crippen molar-refractivity contribution in [1.82, 2.24) is 5.32 Å². The monoisotopic (exact) mass is 378 g/mol. The molecule has 0 aromatic heterocycles. The van der Waals surface area contributed by atoms with Gasteiger partial charge in [-0.1, -0.05) is 45.7 Å².